The molecule has 3 rings (SSSR count). The molecule has 4 heteroatoms. The minimum atomic E-state index is 0.162. The van der Waals surface area contributed by atoms with Crippen LogP contribution in [-0.4, -0.2) is 16.9 Å². The number of hydrogen-bond acceptors (Lipinski definition) is 3. The van der Waals surface area contributed by atoms with Gasteiger partial charge in [-0.1, -0.05) is 38.5 Å². The second kappa shape index (κ2) is 7.61. The molecular formula is C18H27N3O. The molecule has 1 amide bonds. The summed E-state index contributed by atoms with van der Waals surface area (Å²) in [6.07, 6.45) is 13.9. The van der Waals surface area contributed by atoms with E-state index in [1.165, 1.54) is 51.4 Å². The van der Waals surface area contributed by atoms with Crippen molar-refractivity contribution in [2.75, 3.05) is 10.6 Å². The lowest BCUT2D eigenvalue weighted by molar-refractivity contribution is -0.120. The summed E-state index contributed by atoms with van der Waals surface area (Å²) < 4.78 is 0. The number of pyridine rings is 1. The second-order valence-electron chi connectivity index (χ2n) is 6.74. The van der Waals surface area contributed by atoms with Crippen molar-refractivity contribution in [1.29, 1.82) is 0 Å². The lowest BCUT2D eigenvalue weighted by Gasteiger charge is -2.23. The van der Waals surface area contributed by atoms with Crippen LogP contribution in [0.3, 0.4) is 0 Å². The molecule has 0 bridgehead atoms. The first-order valence-corrected chi connectivity index (χ1v) is 8.85. The summed E-state index contributed by atoms with van der Waals surface area (Å²) >= 11 is 0. The summed E-state index contributed by atoms with van der Waals surface area (Å²) in [5.74, 6) is 1.27. The van der Waals surface area contributed by atoms with E-state index in [1.54, 1.807) is 6.20 Å². The van der Waals surface area contributed by atoms with Gasteiger partial charge in [-0.15, -0.1) is 0 Å². The van der Waals surface area contributed by atoms with Gasteiger partial charge >= 0.3 is 0 Å². The van der Waals surface area contributed by atoms with E-state index in [0.717, 1.165) is 24.3 Å². The van der Waals surface area contributed by atoms with Gasteiger partial charge in [0.25, 0.3) is 0 Å². The lowest BCUT2D eigenvalue weighted by atomic mass is 9.88. The second-order valence-corrected chi connectivity index (χ2v) is 6.74. The van der Waals surface area contributed by atoms with Crippen LogP contribution in [0.5, 0.6) is 0 Å². The van der Waals surface area contributed by atoms with Gasteiger partial charge in [-0.3, -0.25) is 4.79 Å². The molecule has 0 aromatic carbocycles. The van der Waals surface area contributed by atoms with E-state index in [0.29, 0.717) is 6.04 Å². The molecule has 0 atom stereocenters. The SMILES string of the molecule is O=C(Nc1ccc(NC2CCCCC2)nc1)C1CCCCC1. The van der Waals surface area contributed by atoms with Crippen molar-refractivity contribution in [3.8, 4) is 0 Å². The van der Waals surface area contributed by atoms with Crippen LogP contribution < -0.4 is 10.6 Å². The van der Waals surface area contributed by atoms with Crippen LogP contribution in [0.25, 0.3) is 0 Å². The van der Waals surface area contributed by atoms with Crippen LogP contribution >= 0.6 is 0 Å². The number of hydrogen-bond donors (Lipinski definition) is 2. The Bertz CT molecular complexity index is 474. The average molecular weight is 301 g/mol. The predicted octanol–water partition coefficient (Wildman–Crippen LogP) is 4.35. The number of nitrogens with one attached hydrogen (secondary N) is 2. The number of nitrogens with zero attached hydrogens (tertiary/aromatic N) is 1. The Morgan fingerprint density at radius 2 is 1.64 bits per heavy atom. The maximum atomic E-state index is 12.2. The fraction of sp³-hybridized carbons (Fsp3) is 0.667. The molecule has 2 aliphatic carbocycles. The quantitative estimate of drug-likeness (QED) is 0.869. The summed E-state index contributed by atoms with van der Waals surface area (Å²) in [7, 11) is 0. The van der Waals surface area contributed by atoms with Crippen LogP contribution in [0.4, 0.5) is 11.5 Å². The van der Waals surface area contributed by atoms with E-state index in [2.05, 4.69) is 15.6 Å². The van der Waals surface area contributed by atoms with Crippen LogP contribution in [0.15, 0.2) is 18.3 Å². The molecule has 0 aliphatic heterocycles. The lowest BCUT2D eigenvalue weighted by Crippen LogP contribution is -2.25. The highest BCUT2D eigenvalue weighted by Gasteiger charge is 2.21. The Morgan fingerprint density at radius 3 is 2.27 bits per heavy atom. The number of aromatic nitrogens is 1. The number of carbonyl (C=O) groups excluding carboxylic acids is 1. The molecule has 2 N–H and O–H groups in total. The van der Waals surface area contributed by atoms with Crippen molar-refractivity contribution in [3.63, 3.8) is 0 Å². The maximum Gasteiger partial charge on any atom is 0.227 e. The van der Waals surface area contributed by atoms with Gasteiger partial charge in [0, 0.05) is 12.0 Å². The summed E-state index contributed by atoms with van der Waals surface area (Å²) in [5.41, 5.74) is 0.810. The van der Waals surface area contributed by atoms with Crippen molar-refractivity contribution in [1.82, 2.24) is 4.98 Å². The highest BCUT2D eigenvalue weighted by Crippen LogP contribution is 2.25. The summed E-state index contributed by atoms with van der Waals surface area (Å²) in [4.78, 5) is 16.7. The third kappa shape index (κ3) is 4.21. The Hall–Kier alpha value is -1.58. The predicted molar refractivity (Wildman–Crippen MR) is 89.9 cm³/mol. The van der Waals surface area contributed by atoms with Gasteiger partial charge in [0.05, 0.1) is 11.9 Å². The van der Waals surface area contributed by atoms with Gasteiger partial charge < -0.3 is 10.6 Å². The van der Waals surface area contributed by atoms with Crippen molar-refractivity contribution >= 4 is 17.4 Å². The van der Waals surface area contributed by atoms with Crippen molar-refractivity contribution in [3.05, 3.63) is 18.3 Å². The van der Waals surface area contributed by atoms with Gasteiger partial charge in [0.2, 0.25) is 5.91 Å². The number of amides is 1. The summed E-state index contributed by atoms with van der Waals surface area (Å²) in [6.45, 7) is 0. The molecule has 2 fully saturated rings. The van der Waals surface area contributed by atoms with E-state index >= 15 is 0 Å². The molecule has 1 aromatic rings. The minimum absolute atomic E-state index is 0.162. The first-order valence-electron chi connectivity index (χ1n) is 8.85. The van der Waals surface area contributed by atoms with Gasteiger partial charge in [0.1, 0.15) is 5.82 Å². The van der Waals surface area contributed by atoms with Gasteiger partial charge in [-0.05, 0) is 37.8 Å². The highest BCUT2D eigenvalue weighted by molar-refractivity contribution is 5.92. The highest BCUT2D eigenvalue weighted by atomic mass is 16.1. The molecule has 0 unspecified atom stereocenters. The van der Waals surface area contributed by atoms with E-state index < -0.39 is 0 Å². The smallest absolute Gasteiger partial charge is 0.227 e. The molecule has 0 saturated heterocycles. The zero-order chi connectivity index (χ0) is 15.2. The summed E-state index contributed by atoms with van der Waals surface area (Å²) in [6, 6.07) is 4.49. The molecule has 22 heavy (non-hydrogen) atoms. The zero-order valence-electron chi connectivity index (χ0n) is 13.3. The average Bonchev–Trinajstić information content (AvgIpc) is 2.58. The topological polar surface area (TPSA) is 54.0 Å². The van der Waals surface area contributed by atoms with E-state index in [4.69, 9.17) is 0 Å². The van der Waals surface area contributed by atoms with Crippen molar-refractivity contribution in [2.45, 2.75) is 70.3 Å². The van der Waals surface area contributed by atoms with Crippen LogP contribution in [0.2, 0.25) is 0 Å². The molecule has 120 valence electrons. The number of rotatable bonds is 4. The van der Waals surface area contributed by atoms with Crippen LogP contribution in [0.1, 0.15) is 64.2 Å². The first kappa shape index (κ1) is 15.3. The molecule has 2 aliphatic rings. The third-order valence-corrected chi connectivity index (χ3v) is 4.96. The van der Waals surface area contributed by atoms with Gasteiger partial charge in [0.15, 0.2) is 0 Å². The maximum absolute atomic E-state index is 12.2. The largest absolute Gasteiger partial charge is 0.367 e. The Labute approximate surface area is 133 Å². The Balaban J connectivity index is 1.51. The molecule has 0 radical (unpaired) electrons. The Kier molecular flexibility index (Phi) is 5.30. The Morgan fingerprint density at radius 1 is 0.955 bits per heavy atom. The molecule has 1 aromatic heterocycles. The third-order valence-electron chi connectivity index (χ3n) is 4.96. The molecular weight excluding hydrogens is 274 g/mol. The van der Waals surface area contributed by atoms with Gasteiger partial charge in [-0.2, -0.15) is 0 Å². The van der Waals surface area contributed by atoms with Gasteiger partial charge in [-0.25, -0.2) is 4.98 Å². The zero-order valence-corrected chi connectivity index (χ0v) is 13.3. The number of carbonyl (C=O) groups is 1. The fourth-order valence-corrected chi connectivity index (χ4v) is 3.62. The van der Waals surface area contributed by atoms with Crippen molar-refractivity contribution < 1.29 is 4.79 Å². The van der Waals surface area contributed by atoms with Crippen LogP contribution in [-0.2, 0) is 4.79 Å². The van der Waals surface area contributed by atoms with Crippen LogP contribution in [0, 0.1) is 5.92 Å². The minimum Gasteiger partial charge on any atom is -0.367 e. The molecule has 1 heterocycles. The normalized spacial score (nSPS) is 20.5. The van der Waals surface area contributed by atoms with Crippen molar-refractivity contribution in [2.24, 2.45) is 5.92 Å². The molecule has 4 nitrogen and oxygen atoms in total. The molecule has 2 saturated carbocycles. The summed E-state index contributed by atoms with van der Waals surface area (Å²) in [5, 5.41) is 6.51. The van der Waals surface area contributed by atoms with E-state index in [1.807, 2.05) is 12.1 Å². The standard InChI is InChI=1S/C18H27N3O/c22-18(14-7-3-1-4-8-14)21-16-11-12-17(19-13-16)20-15-9-5-2-6-10-15/h11-15H,1-10H2,(H,19,20)(H,21,22). The number of anilines is 2. The molecule has 0 spiro atoms. The van der Waals surface area contributed by atoms with E-state index in [-0.39, 0.29) is 11.8 Å². The first-order chi connectivity index (χ1) is 10.8. The van der Waals surface area contributed by atoms with E-state index in [9.17, 15) is 4.79 Å². The monoisotopic (exact) mass is 301 g/mol. The fourth-order valence-electron chi connectivity index (χ4n) is 3.62.